The summed E-state index contributed by atoms with van der Waals surface area (Å²) in [6, 6.07) is 24.0. The number of benzene rings is 4. The first kappa shape index (κ1) is 13.0. The molecule has 4 aromatic carbocycles. The molecule has 1 heterocycles. The van der Waals surface area contributed by atoms with Gasteiger partial charge in [-0.3, -0.25) is 0 Å². The molecule has 2 heteroatoms. The number of halogens is 1. The van der Waals surface area contributed by atoms with Crippen molar-refractivity contribution in [3.63, 3.8) is 0 Å². The minimum Gasteiger partial charge on any atom is -0.249 e. The topological polar surface area (TPSA) is 12.9 Å². The summed E-state index contributed by atoms with van der Waals surface area (Å²) in [5.41, 5.74) is 2.44. The summed E-state index contributed by atoms with van der Waals surface area (Å²) in [7, 11) is 0. The van der Waals surface area contributed by atoms with Gasteiger partial charge in [-0.1, -0.05) is 48.5 Å². The molecule has 0 saturated carbocycles. The molecule has 0 radical (unpaired) electrons. The Hall–Kier alpha value is -2.45. The van der Waals surface area contributed by atoms with Crippen LogP contribution < -0.4 is 0 Å². The van der Waals surface area contributed by atoms with Crippen LogP contribution in [-0.4, -0.2) is 4.98 Å². The van der Waals surface area contributed by atoms with Crippen molar-refractivity contribution in [2.45, 2.75) is 0 Å². The molecule has 1 aromatic heterocycles. The van der Waals surface area contributed by atoms with Crippen molar-refractivity contribution >= 4 is 48.2 Å². The minimum absolute atomic E-state index is 0.861. The normalized spacial score (nSPS) is 11.7. The maximum absolute atomic E-state index is 4.26. The molecule has 0 aliphatic carbocycles. The number of hydrogen-bond donors (Lipinski definition) is 0. The first-order chi connectivity index (χ1) is 11.3. The van der Waals surface area contributed by atoms with Gasteiger partial charge in [0.25, 0.3) is 0 Å². The largest absolute Gasteiger partial charge is 0.249 e. The molecule has 5 rings (SSSR count). The molecule has 0 bridgehead atoms. The SMILES string of the molecule is Brc1cc(-c2cc3cccc4ccc5cccc2c5c43)ccn1. The first-order valence-corrected chi connectivity index (χ1v) is 8.39. The Balaban J connectivity index is 2.04. The van der Waals surface area contributed by atoms with Crippen molar-refractivity contribution in [3.05, 3.63) is 77.5 Å². The average molecular weight is 358 g/mol. The highest BCUT2D eigenvalue weighted by Gasteiger charge is 2.12. The predicted molar refractivity (Wildman–Crippen MR) is 101 cm³/mol. The van der Waals surface area contributed by atoms with Crippen LogP contribution in [0.5, 0.6) is 0 Å². The van der Waals surface area contributed by atoms with Crippen LogP contribution >= 0.6 is 15.9 Å². The Labute approximate surface area is 142 Å². The Morgan fingerprint density at radius 3 is 2.26 bits per heavy atom. The van der Waals surface area contributed by atoms with Crippen LogP contribution in [0.25, 0.3) is 43.4 Å². The van der Waals surface area contributed by atoms with Gasteiger partial charge in [0, 0.05) is 6.20 Å². The van der Waals surface area contributed by atoms with E-state index in [2.05, 4.69) is 87.6 Å². The van der Waals surface area contributed by atoms with Gasteiger partial charge in [-0.2, -0.15) is 0 Å². The molecule has 0 fully saturated rings. The molecule has 0 unspecified atom stereocenters. The standard InChI is InChI=1S/C21H12BrN/c22-19-12-15(9-10-23-19)18-11-16-5-1-3-13-7-8-14-4-2-6-17(18)21(14)20(13)16/h1-12H. The van der Waals surface area contributed by atoms with E-state index in [1.807, 2.05) is 6.20 Å². The molecule has 5 aromatic rings. The minimum atomic E-state index is 0.861. The fraction of sp³-hybridized carbons (Fsp3) is 0. The Morgan fingerprint density at radius 1 is 0.696 bits per heavy atom. The third-order valence-corrected chi connectivity index (χ3v) is 4.98. The Kier molecular flexibility index (Phi) is 2.70. The molecule has 0 N–H and O–H groups in total. The van der Waals surface area contributed by atoms with Gasteiger partial charge in [0.05, 0.1) is 0 Å². The van der Waals surface area contributed by atoms with E-state index < -0.39 is 0 Å². The molecule has 0 aliphatic heterocycles. The summed E-state index contributed by atoms with van der Waals surface area (Å²) in [5, 5.41) is 7.89. The van der Waals surface area contributed by atoms with Gasteiger partial charge >= 0.3 is 0 Å². The Bertz CT molecular complexity index is 1180. The van der Waals surface area contributed by atoms with E-state index >= 15 is 0 Å². The van der Waals surface area contributed by atoms with Crippen molar-refractivity contribution in [1.82, 2.24) is 4.98 Å². The van der Waals surface area contributed by atoms with Gasteiger partial charge in [0.15, 0.2) is 0 Å². The third kappa shape index (κ3) is 1.88. The Morgan fingerprint density at radius 2 is 1.43 bits per heavy atom. The van der Waals surface area contributed by atoms with E-state index in [9.17, 15) is 0 Å². The lowest BCUT2D eigenvalue weighted by Crippen LogP contribution is -1.88. The molecule has 108 valence electrons. The van der Waals surface area contributed by atoms with Gasteiger partial charge in [0.2, 0.25) is 0 Å². The summed E-state index contributed by atoms with van der Waals surface area (Å²) >= 11 is 3.49. The van der Waals surface area contributed by atoms with Gasteiger partial charge < -0.3 is 0 Å². The van der Waals surface area contributed by atoms with Gasteiger partial charge in [-0.05, 0) is 77.6 Å². The molecule has 0 amide bonds. The van der Waals surface area contributed by atoms with Crippen molar-refractivity contribution in [2.75, 3.05) is 0 Å². The lowest BCUT2D eigenvalue weighted by molar-refractivity contribution is 1.28. The highest BCUT2D eigenvalue weighted by molar-refractivity contribution is 9.10. The van der Waals surface area contributed by atoms with Crippen molar-refractivity contribution in [2.24, 2.45) is 0 Å². The fourth-order valence-electron chi connectivity index (χ4n) is 3.57. The summed E-state index contributed by atoms with van der Waals surface area (Å²) in [6.45, 7) is 0. The van der Waals surface area contributed by atoms with Crippen LogP contribution in [0.15, 0.2) is 77.5 Å². The van der Waals surface area contributed by atoms with Crippen LogP contribution in [0.2, 0.25) is 0 Å². The van der Waals surface area contributed by atoms with Gasteiger partial charge in [-0.15, -0.1) is 0 Å². The number of pyridine rings is 1. The summed E-state index contributed by atoms with van der Waals surface area (Å²) in [6.07, 6.45) is 1.85. The molecular formula is C21H12BrN. The third-order valence-electron chi connectivity index (χ3n) is 4.55. The predicted octanol–water partition coefficient (Wildman–Crippen LogP) is 6.41. The van der Waals surface area contributed by atoms with Crippen LogP contribution in [0.4, 0.5) is 0 Å². The van der Waals surface area contributed by atoms with Crippen molar-refractivity contribution < 1.29 is 0 Å². The summed E-state index contributed by atoms with van der Waals surface area (Å²) in [5.74, 6) is 0. The number of nitrogens with zero attached hydrogens (tertiary/aromatic N) is 1. The molecule has 1 nitrogen and oxygen atoms in total. The van der Waals surface area contributed by atoms with Gasteiger partial charge in [-0.25, -0.2) is 4.98 Å². The number of rotatable bonds is 1. The second-order valence-corrected chi connectivity index (χ2v) is 6.65. The summed E-state index contributed by atoms with van der Waals surface area (Å²) < 4.78 is 0.861. The van der Waals surface area contributed by atoms with Crippen molar-refractivity contribution in [3.8, 4) is 11.1 Å². The van der Waals surface area contributed by atoms with Crippen LogP contribution in [0.1, 0.15) is 0 Å². The van der Waals surface area contributed by atoms with E-state index in [0.717, 1.165) is 4.60 Å². The molecule has 0 aliphatic rings. The van der Waals surface area contributed by atoms with Crippen molar-refractivity contribution in [1.29, 1.82) is 0 Å². The van der Waals surface area contributed by atoms with Crippen LogP contribution in [0.3, 0.4) is 0 Å². The number of aromatic nitrogens is 1. The molecule has 23 heavy (non-hydrogen) atoms. The maximum Gasteiger partial charge on any atom is 0.106 e. The fourth-order valence-corrected chi connectivity index (χ4v) is 3.94. The average Bonchev–Trinajstić information content (AvgIpc) is 2.59. The van der Waals surface area contributed by atoms with E-state index in [0.29, 0.717) is 0 Å². The molecule has 0 atom stereocenters. The molecular weight excluding hydrogens is 346 g/mol. The van der Waals surface area contributed by atoms with Crippen LogP contribution in [0, 0.1) is 0 Å². The lowest BCUT2D eigenvalue weighted by atomic mass is 9.89. The second-order valence-electron chi connectivity index (χ2n) is 5.84. The van der Waals surface area contributed by atoms with E-state index in [1.54, 1.807) is 0 Å². The second kappa shape index (κ2) is 4.77. The maximum atomic E-state index is 4.26. The van der Waals surface area contributed by atoms with E-state index in [-0.39, 0.29) is 0 Å². The summed E-state index contributed by atoms with van der Waals surface area (Å²) in [4.78, 5) is 4.26. The number of hydrogen-bond acceptors (Lipinski definition) is 1. The van der Waals surface area contributed by atoms with E-state index in [1.165, 1.54) is 43.4 Å². The smallest absolute Gasteiger partial charge is 0.106 e. The van der Waals surface area contributed by atoms with Crippen LogP contribution in [-0.2, 0) is 0 Å². The first-order valence-electron chi connectivity index (χ1n) is 7.60. The van der Waals surface area contributed by atoms with E-state index in [4.69, 9.17) is 0 Å². The highest BCUT2D eigenvalue weighted by atomic mass is 79.9. The zero-order valence-corrected chi connectivity index (χ0v) is 13.8. The lowest BCUT2D eigenvalue weighted by Gasteiger charge is -2.14. The molecule has 0 spiro atoms. The monoisotopic (exact) mass is 357 g/mol. The molecule has 0 saturated heterocycles. The zero-order chi connectivity index (χ0) is 15.4. The zero-order valence-electron chi connectivity index (χ0n) is 12.3. The highest BCUT2D eigenvalue weighted by Crippen LogP contribution is 2.40. The van der Waals surface area contributed by atoms with Gasteiger partial charge in [0.1, 0.15) is 4.60 Å². The quantitative estimate of drug-likeness (QED) is 0.249.